The molecule has 0 fully saturated rings. The molecule has 0 aliphatic rings. The van der Waals surface area contributed by atoms with Crippen LogP contribution >= 0.6 is 11.8 Å². The molecule has 0 aliphatic carbocycles. The topological polar surface area (TPSA) is 3.88 Å². The molecule has 0 bridgehead atoms. The van der Waals surface area contributed by atoms with Gasteiger partial charge in [0.15, 0.2) is 12.4 Å². The number of halogens is 2. The number of benzene rings is 3. The zero-order chi connectivity index (χ0) is 21.5. The molecule has 0 saturated carbocycles. The van der Waals surface area contributed by atoms with Crippen molar-refractivity contribution in [3.05, 3.63) is 126 Å². The molecule has 31 heavy (non-hydrogen) atoms. The Kier molecular flexibility index (Phi) is 7.11. The first kappa shape index (κ1) is 21.3. The average Bonchev–Trinajstić information content (AvgIpc) is 2.80. The zero-order valence-corrected chi connectivity index (χ0v) is 17.9. The van der Waals surface area contributed by atoms with E-state index in [1.165, 1.54) is 34.1 Å². The number of pyridine rings is 1. The van der Waals surface area contributed by atoms with Gasteiger partial charge in [-0.25, -0.2) is 13.3 Å². The van der Waals surface area contributed by atoms with Crippen molar-refractivity contribution in [1.82, 2.24) is 0 Å². The first-order valence-electron chi connectivity index (χ1n) is 10.4. The molecule has 0 N–H and O–H groups in total. The summed E-state index contributed by atoms with van der Waals surface area (Å²) in [6.45, 7) is 0.884. The smallest absolute Gasteiger partial charge is 0.169 e. The van der Waals surface area contributed by atoms with Crippen LogP contribution in [0.5, 0.6) is 0 Å². The van der Waals surface area contributed by atoms with Gasteiger partial charge in [-0.15, -0.1) is 0 Å². The van der Waals surface area contributed by atoms with Crippen LogP contribution in [0.1, 0.15) is 29.9 Å². The van der Waals surface area contributed by atoms with Crippen molar-refractivity contribution in [2.75, 3.05) is 0 Å². The van der Waals surface area contributed by atoms with Gasteiger partial charge in [-0.05, 0) is 53.9 Å². The van der Waals surface area contributed by atoms with Crippen molar-refractivity contribution >= 4 is 11.8 Å². The number of rotatable bonds is 8. The van der Waals surface area contributed by atoms with Crippen LogP contribution in [0.25, 0.3) is 0 Å². The summed E-state index contributed by atoms with van der Waals surface area (Å²) >= 11 is 1.75. The maximum absolute atomic E-state index is 13.4. The largest absolute Gasteiger partial charge is 0.207 e. The van der Waals surface area contributed by atoms with E-state index in [-0.39, 0.29) is 17.6 Å². The number of hydrogen-bond donors (Lipinski definition) is 0. The summed E-state index contributed by atoms with van der Waals surface area (Å²) in [5.74, 6) is -0.383. The van der Waals surface area contributed by atoms with E-state index in [0.29, 0.717) is 0 Å². The Balaban J connectivity index is 1.40. The fraction of sp³-hybridized carbons (Fsp3) is 0.148. The number of nitrogens with zero attached hydrogens (tertiary/aromatic N) is 1. The Morgan fingerprint density at radius 1 is 0.645 bits per heavy atom. The third-order valence-corrected chi connectivity index (χ3v) is 6.31. The Hall–Kier alpha value is -2.98. The average molecular weight is 433 g/mol. The third-order valence-electron chi connectivity index (χ3n) is 5.29. The van der Waals surface area contributed by atoms with Crippen LogP contribution in [0.3, 0.4) is 0 Å². The SMILES string of the molecule is Fc1ccc(C(CCC[n+]2ccc(Sc3ccccc3)cc2)c2ccc(F)cc2)cc1. The molecule has 4 rings (SSSR count). The van der Waals surface area contributed by atoms with E-state index in [2.05, 4.69) is 41.2 Å². The van der Waals surface area contributed by atoms with Gasteiger partial charge in [0, 0.05) is 34.3 Å². The van der Waals surface area contributed by atoms with Crippen molar-refractivity contribution in [3.63, 3.8) is 0 Å². The third kappa shape index (κ3) is 6.02. The van der Waals surface area contributed by atoms with Crippen LogP contribution in [0.2, 0.25) is 0 Å². The molecule has 1 nitrogen and oxygen atoms in total. The van der Waals surface area contributed by atoms with Crippen LogP contribution in [0, 0.1) is 11.6 Å². The predicted molar refractivity (Wildman–Crippen MR) is 121 cm³/mol. The quantitative estimate of drug-likeness (QED) is 0.271. The van der Waals surface area contributed by atoms with Gasteiger partial charge in [0.25, 0.3) is 0 Å². The number of hydrogen-bond acceptors (Lipinski definition) is 1. The lowest BCUT2D eigenvalue weighted by atomic mass is 9.87. The molecule has 0 atom stereocenters. The summed E-state index contributed by atoms with van der Waals surface area (Å²) in [6, 6.07) is 27.9. The lowest BCUT2D eigenvalue weighted by molar-refractivity contribution is -0.697. The van der Waals surface area contributed by atoms with Gasteiger partial charge < -0.3 is 0 Å². The van der Waals surface area contributed by atoms with E-state index >= 15 is 0 Å². The first-order chi connectivity index (χ1) is 15.2. The summed E-state index contributed by atoms with van der Waals surface area (Å²) in [7, 11) is 0. The molecule has 4 heteroatoms. The highest BCUT2D eigenvalue weighted by Gasteiger charge is 2.15. The minimum Gasteiger partial charge on any atom is -0.207 e. The second-order valence-corrected chi connectivity index (χ2v) is 8.63. The van der Waals surface area contributed by atoms with E-state index in [1.54, 1.807) is 11.8 Å². The summed E-state index contributed by atoms with van der Waals surface area (Å²) < 4.78 is 29.0. The van der Waals surface area contributed by atoms with Crippen molar-refractivity contribution in [3.8, 4) is 0 Å². The summed E-state index contributed by atoms with van der Waals surface area (Å²) in [4.78, 5) is 2.43. The predicted octanol–water partition coefficient (Wildman–Crippen LogP) is 7.02. The molecule has 1 heterocycles. The highest BCUT2D eigenvalue weighted by Crippen LogP contribution is 2.30. The lowest BCUT2D eigenvalue weighted by Gasteiger charge is -2.17. The lowest BCUT2D eigenvalue weighted by Crippen LogP contribution is -2.32. The highest BCUT2D eigenvalue weighted by molar-refractivity contribution is 7.99. The van der Waals surface area contributed by atoms with E-state index in [9.17, 15) is 8.78 Å². The van der Waals surface area contributed by atoms with Gasteiger partial charge in [0.2, 0.25) is 0 Å². The van der Waals surface area contributed by atoms with Crippen molar-refractivity contribution < 1.29 is 13.3 Å². The molecule has 0 saturated heterocycles. The number of aromatic nitrogens is 1. The molecule has 0 radical (unpaired) electrons. The fourth-order valence-corrected chi connectivity index (χ4v) is 4.50. The van der Waals surface area contributed by atoms with E-state index in [1.807, 2.05) is 42.5 Å². The van der Waals surface area contributed by atoms with Gasteiger partial charge >= 0.3 is 0 Å². The maximum Gasteiger partial charge on any atom is 0.169 e. The van der Waals surface area contributed by atoms with E-state index in [4.69, 9.17) is 0 Å². The Labute approximate surface area is 186 Å². The van der Waals surface area contributed by atoms with Crippen LogP contribution in [0.4, 0.5) is 8.78 Å². The number of aryl methyl sites for hydroxylation is 1. The highest BCUT2D eigenvalue weighted by atomic mass is 32.2. The van der Waals surface area contributed by atoms with Crippen LogP contribution in [-0.4, -0.2) is 0 Å². The molecule has 0 amide bonds. The normalized spacial score (nSPS) is 11.1. The molecule has 1 aromatic heterocycles. The van der Waals surface area contributed by atoms with Gasteiger partial charge in [-0.3, -0.25) is 0 Å². The Bertz CT molecular complexity index is 1030. The van der Waals surface area contributed by atoms with E-state index < -0.39 is 0 Å². The standard InChI is InChI=1S/C27H24F2NS/c28-23-12-8-21(9-13-23)27(22-10-14-24(29)15-11-22)7-4-18-30-19-16-26(17-20-30)31-25-5-2-1-3-6-25/h1-3,5-6,8-17,19-20,27H,4,7,18H2/q+1. The zero-order valence-electron chi connectivity index (χ0n) is 17.1. The van der Waals surface area contributed by atoms with Crippen molar-refractivity contribution in [2.45, 2.75) is 35.1 Å². The van der Waals surface area contributed by atoms with Crippen LogP contribution in [-0.2, 0) is 6.54 Å². The second kappa shape index (κ2) is 10.4. The van der Waals surface area contributed by atoms with Crippen LogP contribution in [0.15, 0.2) is 113 Å². The Morgan fingerprint density at radius 3 is 1.71 bits per heavy atom. The molecule has 0 unspecified atom stereocenters. The maximum atomic E-state index is 13.4. The van der Waals surface area contributed by atoms with Crippen LogP contribution < -0.4 is 4.57 Å². The van der Waals surface area contributed by atoms with Gasteiger partial charge in [-0.1, -0.05) is 54.2 Å². The summed E-state index contributed by atoms with van der Waals surface area (Å²) in [5.41, 5.74) is 2.10. The molecule has 0 aliphatic heterocycles. The minimum absolute atomic E-state index is 0.106. The van der Waals surface area contributed by atoms with Gasteiger partial charge in [0.1, 0.15) is 18.2 Å². The fourth-order valence-electron chi connectivity index (χ4n) is 3.68. The van der Waals surface area contributed by atoms with E-state index in [0.717, 1.165) is 30.5 Å². The van der Waals surface area contributed by atoms with Crippen molar-refractivity contribution in [2.24, 2.45) is 0 Å². The molecule has 0 spiro atoms. The molecular formula is C27H24F2NS+. The molecular weight excluding hydrogens is 408 g/mol. The summed E-state index contributed by atoms with van der Waals surface area (Å²) in [6.07, 6.45) is 6.06. The monoisotopic (exact) mass is 432 g/mol. The van der Waals surface area contributed by atoms with Crippen molar-refractivity contribution in [1.29, 1.82) is 0 Å². The van der Waals surface area contributed by atoms with Gasteiger partial charge in [0.05, 0.1) is 0 Å². The minimum atomic E-state index is -0.245. The second-order valence-electron chi connectivity index (χ2n) is 7.48. The van der Waals surface area contributed by atoms with Gasteiger partial charge in [-0.2, -0.15) is 0 Å². The Morgan fingerprint density at radius 2 is 1.16 bits per heavy atom. The molecule has 4 aromatic rings. The molecule has 3 aromatic carbocycles. The molecule has 156 valence electrons. The first-order valence-corrected chi connectivity index (χ1v) is 11.2. The summed E-state index contributed by atoms with van der Waals surface area (Å²) in [5, 5.41) is 0.